The van der Waals surface area contributed by atoms with Gasteiger partial charge in [0.15, 0.2) is 0 Å². The molecule has 1 aromatic rings. The second-order valence-electron chi connectivity index (χ2n) is 4.31. The molecular weight excluding hydrogens is 196 g/mol. The van der Waals surface area contributed by atoms with Crippen molar-refractivity contribution in [2.24, 2.45) is 11.3 Å². The molecule has 1 aromatic heterocycles. The van der Waals surface area contributed by atoms with Crippen molar-refractivity contribution >= 4 is 17.3 Å². The molecule has 0 bridgehead atoms. The Morgan fingerprint density at radius 3 is 2.86 bits per heavy atom. The molecular formula is C11H14O2S. The summed E-state index contributed by atoms with van der Waals surface area (Å²) in [6.07, 6.45) is 2.83. The molecule has 0 radical (unpaired) electrons. The standard InChI is InChI=1S/C11H14O2S/c1-11(10(12)13,9-2-3-9)6-8-4-5-14-7-8/h4-5,7,9H,2-3,6H2,1H3,(H,12,13). The molecule has 1 fully saturated rings. The maximum Gasteiger partial charge on any atom is 0.309 e. The highest BCUT2D eigenvalue weighted by atomic mass is 32.1. The number of carbonyl (C=O) groups is 1. The second kappa shape index (κ2) is 3.39. The normalized spacial score (nSPS) is 20.4. The SMILES string of the molecule is CC(Cc1ccsc1)(C(=O)O)C1CC1. The van der Waals surface area contributed by atoms with Crippen LogP contribution in [0.2, 0.25) is 0 Å². The first-order valence-corrected chi connectivity index (χ1v) is 5.81. The fourth-order valence-electron chi connectivity index (χ4n) is 1.93. The Bertz CT molecular complexity index is 327. The molecule has 1 aliphatic rings. The largest absolute Gasteiger partial charge is 0.481 e. The van der Waals surface area contributed by atoms with Gasteiger partial charge in [0.05, 0.1) is 5.41 Å². The van der Waals surface area contributed by atoms with Gasteiger partial charge < -0.3 is 5.11 Å². The van der Waals surface area contributed by atoms with Gasteiger partial charge in [-0.25, -0.2) is 0 Å². The van der Waals surface area contributed by atoms with Gasteiger partial charge in [0.2, 0.25) is 0 Å². The summed E-state index contributed by atoms with van der Waals surface area (Å²) in [4.78, 5) is 11.2. The van der Waals surface area contributed by atoms with Crippen LogP contribution in [-0.4, -0.2) is 11.1 Å². The van der Waals surface area contributed by atoms with Crippen molar-refractivity contribution in [1.82, 2.24) is 0 Å². The van der Waals surface area contributed by atoms with E-state index in [-0.39, 0.29) is 0 Å². The first-order chi connectivity index (χ1) is 6.63. The third-order valence-electron chi connectivity index (χ3n) is 3.12. The smallest absolute Gasteiger partial charge is 0.309 e. The first-order valence-electron chi connectivity index (χ1n) is 4.87. The molecule has 0 amide bonds. The minimum atomic E-state index is -0.647. The first kappa shape index (κ1) is 9.71. The summed E-state index contributed by atoms with van der Waals surface area (Å²) < 4.78 is 0. The van der Waals surface area contributed by atoms with Crippen molar-refractivity contribution in [1.29, 1.82) is 0 Å². The van der Waals surface area contributed by atoms with Crippen molar-refractivity contribution in [2.75, 3.05) is 0 Å². The summed E-state index contributed by atoms with van der Waals surface area (Å²) in [7, 11) is 0. The lowest BCUT2D eigenvalue weighted by Gasteiger charge is -2.23. The summed E-state index contributed by atoms with van der Waals surface area (Å²) in [5.41, 5.74) is 0.618. The Labute approximate surface area is 87.6 Å². The second-order valence-corrected chi connectivity index (χ2v) is 5.09. The van der Waals surface area contributed by atoms with E-state index in [4.69, 9.17) is 0 Å². The summed E-state index contributed by atoms with van der Waals surface area (Å²) in [5.74, 6) is -0.258. The van der Waals surface area contributed by atoms with E-state index in [9.17, 15) is 9.90 Å². The van der Waals surface area contributed by atoms with E-state index in [2.05, 4.69) is 0 Å². The molecule has 0 aliphatic heterocycles. The van der Waals surface area contributed by atoms with Crippen molar-refractivity contribution in [2.45, 2.75) is 26.2 Å². The summed E-state index contributed by atoms with van der Waals surface area (Å²) in [5, 5.41) is 13.3. The Morgan fingerprint density at radius 2 is 2.43 bits per heavy atom. The van der Waals surface area contributed by atoms with Crippen LogP contribution in [0.3, 0.4) is 0 Å². The summed E-state index contributed by atoms with van der Waals surface area (Å²) in [6.45, 7) is 1.88. The van der Waals surface area contributed by atoms with E-state index in [1.165, 1.54) is 0 Å². The lowest BCUT2D eigenvalue weighted by molar-refractivity contribution is -0.149. The lowest BCUT2D eigenvalue weighted by Crippen LogP contribution is -2.32. The number of carboxylic acids is 1. The van der Waals surface area contributed by atoms with Gasteiger partial charge in [-0.1, -0.05) is 0 Å². The lowest BCUT2D eigenvalue weighted by atomic mass is 9.80. The quantitative estimate of drug-likeness (QED) is 0.829. The van der Waals surface area contributed by atoms with E-state index in [1.54, 1.807) is 11.3 Å². The average Bonchev–Trinajstić information content (AvgIpc) is 2.87. The van der Waals surface area contributed by atoms with Gasteiger partial charge >= 0.3 is 5.97 Å². The summed E-state index contributed by atoms with van der Waals surface area (Å²) in [6, 6.07) is 2.02. The maximum absolute atomic E-state index is 11.2. The van der Waals surface area contributed by atoms with Gasteiger partial charge in [0.25, 0.3) is 0 Å². The van der Waals surface area contributed by atoms with Crippen molar-refractivity contribution < 1.29 is 9.90 Å². The molecule has 1 N–H and O–H groups in total. The molecule has 1 aliphatic carbocycles. The number of hydrogen-bond donors (Lipinski definition) is 1. The molecule has 1 heterocycles. The van der Waals surface area contributed by atoms with Crippen LogP contribution >= 0.6 is 11.3 Å². The van der Waals surface area contributed by atoms with Crippen LogP contribution in [-0.2, 0) is 11.2 Å². The highest BCUT2D eigenvalue weighted by Gasteiger charge is 2.47. The number of carboxylic acid groups (broad SMARTS) is 1. The highest BCUT2D eigenvalue weighted by molar-refractivity contribution is 7.07. The summed E-state index contributed by atoms with van der Waals surface area (Å²) >= 11 is 1.63. The molecule has 0 saturated heterocycles. The fourth-order valence-corrected chi connectivity index (χ4v) is 2.60. The van der Waals surface area contributed by atoms with Crippen LogP contribution in [0.25, 0.3) is 0 Å². The Balaban J connectivity index is 2.15. The van der Waals surface area contributed by atoms with Crippen molar-refractivity contribution in [3.63, 3.8) is 0 Å². The molecule has 0 spiro atoms. The zero-order valence-corrected chi connectivity index (χ0v) is 9.01. The van der Waals surface area contributed by atoms with Gasteiger partial charge in [-0.3, -0.25) is 4.79 Å². The van der Waals surface area contributed by atoms with Gasteiger partial charge in [-0.05, 0) is 54.5 Å². The van der Waals surface area contributed by atoms with Crippen molar-refractivity contribution in [3.05, 3.63) is 22.4 Å². The van der Waals surface area contributed by atoms with E-state index < -0.39 is 11.4 Å². The molecule has 14 heavy (non-hydrogen) atoms. The topological polar surface area (TPSA) is 37.3 Å². The predicted molar refractivity (Wildman–Crippen MR) is 56.5 cm³/mol. The highest BCUT2D eigenvalue weighted by Crippen LogP contribution is 2.47. The van der Waals surface area contributed by atoms with E-state index in [0.29, 0.717) is 12.3 Å². The van der Waals surface area contributed by atoms with Crippen LogP contribution in [0.5, 0.6) is 0 Å². The maximum atomic E-state index is 11.2. The molecule has 76 valence electrons. The zero-order chi connectivity index (χ0) is 10.2. The van der Waals surface area contributed by atoms with Crippen LogP contribution in [0, 0.1) is 11.3 Å². The van der Waals surface area contributed by atoms with Gasteiger partial charge in [0.1, 0.15) is 0 Å². The number of thiophene rings is 1. The van der Waals surface area contributed by atoms with E-state index in [1.807, 2.05) is 23.8 Å². The number of hydrogen-bond acceptors (Lipinski definition) is 2. The Hall–Kier alpha value is -0.830. The van der Waals surface area contributed by atoms with Crippen LogP contribution in [0.1, 0.15) is 25.3 Å². The molecule has 2 rings (SSSR count). The van der Waals surface area contributed by atoms with E-state index in [0.717, 1.165) is 18.4 Å². The zero-order valence-electron chi connectivity index (χ0n) is 8.19. The van der Waals surface area contributed by atoms with Crippen LogP contribution < -0.4 is 0 Å². The van der Waals surface area contributed by atoms with Crippen molar-refractivity contribution in [3.8, 4) is 0 Å². The molecule has 1 unspecified atom stereocenters. The monoisotopic (exact) mass is 210 g/mol. The van der Waals surface area contributed by atoms with E-state index >= 15 is 0 Å². The predicted octanol–water partition coefficient (Wildman–Crippen LogP) is 2.79. The third kappa shape index (κ3) is 1.69. The molecule has 3 heteroatoms. The molecule has 0 aromatic carbocycles. The van der Waals surface area contributed by atoms with Crippen LogP contribution in [0.4, 0.5) is 0 Å². The number of aliphatic carboxylic acids is 1. The Morgan fingerprint density at radius 1 is 1.71 bits per heavy atom. The average molecular weight is 210 g/mol. The molecule has 1 saturated carbocycles. The number of rotatable bonds is 4. The third-order valence-corrected chi connectivity index (χ3v) is 3.85. The molecule has 1 atom stereocenters. The van der Waals surface area contributed by atoms with Gasteiger partial charge in [-0.15, -0.1) is 0 Å². The fraction of sp³-hybridized carbons (Fsp3) is 0.545. The van der Waals surface area contributed by atoms with Gasteiger partial charge in [0, 0.05) is 0 Å². The minimum Gasteiger partial charge on any atom is -0.481 e. The van der Waals surface area contributed by atoms with Gasteiger partial charge in [-0.2, -0.15) is 11.3 Å². The Kier molecular flexibility index (Phi) is 2.35. The molecule has 2 nitrogen and oxygen atoms in total. The minimum absolute atomic E-state index is 0.389. The van der Waals surface area contributed by atoms with Crippen LogP contribution in [0.15, 0.2) is 16.8 Å².